The quantitative estimate of drug-likeness (QED) is 0.888. The summed E-state index contributed by atoms with van der Waals surface area (Å²) in [7, 11) is 0. The van der Waals surface area contributed by atoms with Crippen LogP contribution in [0.5, 0.6) is 0 Å². The van der Waals surface area contributed by atoms with Crippen molar-refractivity contribution in [3.8, 4) is 11.7 Å². The molecule has 2 aromatic rings. The largest absolute Gasteiger partial charge is 0.444 e. The van der Waals surface area contributed by atoms with E-state index in [9.17, 15) is 0 Å². The predicted molar refractivity (Wildman–Crippen MR) is 79.4 cm³/mol. The Kier molecular flexibility index (Phi) is 4.72. The lowest BCUT2D eigenvalue weighted by atomic mass is 9.95. The molecule has 0 saturated carbocycles. The molecule has 6 nitrogen and oxygen atoms in total. The van der Waals surface area contributed by atoms with Crippen LogP contribution in [0.4, 0.5) is 0 Å². The maximum Gasteiger partial charge on any atom is 0.283 e. The van der Waals surface area contributed by atoms with Gasteiger partial charge in [-0.2, -0.15) is 0 Å². The van der Waals surface area contributed by atoms with E-state index in [-0.39, 0.29) is 6.61 Å². The summed E-state index contributed by atoms with van der Waals surface area (Å²) in [5.41, 5.74) is 0. The molecule has 1 unspecified atom stereocenters. The summed E-state index contributed by atoms with van der Waals surface area (Å²) in [4.78, 5) is 2.30. The molecule has 1 N–H and O–H groups in total. The van der Waals surface area contributed by atoms with Crippen molar-refractivity contribution in [2.24, 2.45) is 5.92 Å². The van der Waals surface area contributed by atoms with Gasteiger partial charge in [-0.15, -0.1) is 10.2 Å². The molecule has 1 fully saturated rings. The number of nitrogens with zero attached hydrogens (tertiary/aromatic N) is 3. The average molecular weight is 356 g/mol. The van der Waals surface area contributed by atoms with Crippen LogP contribution in [-0.2, 0) is 6.54 Å². The molecule has 3 rings (SSSR count). The highest BCUT2D eigenvalue weighted by Crippen LogP contribution is 2.25. The number of hydrogen-bond acceptors (Lipinski definition) is 6. The highest BCUT2D eigenvalue weighted by atomic mass is 79.9. The van der Waals surface area contributed by atoms with Crippen LogP contribution in [0.3, 0.4) is 0 Å². The van der Waals surface area contributed by atoms with Gasteiger partial charge in [0, 0.05) is 13.2 Å². The van der Waals surface area contributed by atoms with Crippen LogP contribution in [0.1, 0.15) is 25.2 Å². The van der Waals surface area contributed by atoms with Gasteiger partial charge in [0.05, 0.1) is 6.54 Å². The van der Waals surface area contributed by atoms with Crippen molar-refractivity contribution in [3.63, 3.8) is 0 Å². The molecule has 0 aliphatic carbocycles. The summed E-state index contributed by atoms with van der Waals surface area (Å²) in [5.74, 6) is 2.13. The van der Waals surface area contributed by atoms with E-state index in [0.717, 1.165) is 25.9 Å². The van der Waals surface area contributed by atoms with E-state index in [1.807, 2.05) is 0 Å². The minimum atomic E-state index is 0.260. The molecule has 7 heteroatoms. The van der Waals surface area contributed by atoms with Crippen molar-refractivity contribution in [2.45, 2.75) is 25.8 Å². The van der Waals surface area contributed by atoms with Gasteiger partial charge in [-0.1, -0.05) is 0 Å². The lowest BCUT2D eigenvalue weighted by Crippen LogP contribution is -2.35. The highest BCUT2D eigenvalue weighted by Gasteiger charge is 2.21. The van der Waals surface area contributed by atoms with Crippen molar-refractivity contribution < 1.29 is 13.9 Å². The molecule has 1 aliphatic heterocycles. The third-order valence-corrected chi connectivity index (χ3v) is 4.18. The first-order chi connectivity index (χ1) is 10.2. The second kappa shape index (κ2) is 6.72. The molecule has 1 aliphatic rings. The van der Waals surface area contributed by atoms with Crippen LogP contribution < -0.4 is 0 Å². The first kappa shape index (κ1) is 14.7. The number of piperidine rings is 1. The summed E-state index contributed by atoms with van der Waals surface area (Å²) in [6, 6.07) is 3.59. The number of furan rings is 1. The van der Waals surface area contributed by atoms with Crippen LogP contribution in [0.25, 0.3) is 11.7 Å². The van der Waals surface area contributed by atoms with Crippen molar-refractivity contribution in [3.05, 3.63) is 22.7 Å². The SMILES string of the molecule is OCCC1CCCN(Cc2nnc(-c3ccc(Br)o3)o2)C1. The molecule has 114 valence electrons. The van der Waals surface area contributed by atoms with Crippen molar-refractivity contribution in [1.82, 2.24) is 15.1 Å². The normalized spacial score (nSPS) is 20.0. The van der Waals surface area contributed by atoms with Crippen molar-refractivity contribution >= 4 is 15.9 Å². The Morgan fingerprint density at radius 1 is 1.33 bits per heavy atom. The number of aliphatic hydroxyl groups excluding tert-OH is 1. The Bertz CT molecular complexity index is 582. The molecule has 0 spiro atoms. The zero-order valence-corrected chi connectivity index (χ0v) is 13.3. The first-order valence-corrected chi connectivity index (χ1v) is 7.95. The van der Waals surface area contributed by atoms with E-state index >= 15 is 0 Å². The number of halogens is 1. The zero-order chi connectivity index (χ0) is 14.7. The molecule has 0 aromatic carbocycles. The van der Waals surface area contributed by atoms with E-state index in [4.69, 9.17) is 13.9 Å². The third kappa shape index (κ3) is 3.72. The second-order valence-electron chi connectivity index (χ2n) is 5.36. The van der Waals surface area contributed by atoms with E-state index in [1.165, 1.54) is 6.42 Å². The molecular formula is C14H18BrN3O3. The Morgan fingerprint density at radius 3 is 3.00 bits per heavy atom. The fourth-order valence-electron chi connectivity index (χ4n) is 2.75. The molecular weight excluding hydrogens is 338 g/mol. The molecule has 3 heterocycles. The molecule has 21 heavy (non-hydrogen) atoms. The smallest absolute Gasteiger partial charge is 0.283 e. The van der Waals surface area contributed by atoms with Crippen molar-refractivity contribution in [2.75, 3.05) is 19.7 Å². The van der Waals surface area contributed by atoms with Gasteiger partial charge in [0.2, 0.25) is 5.89 Å². The summed E-state index contributed by atoms with van der Waals surface area (Å²) < 4.78 is 11.7. The molecule has 0 amide bonds. The van der Waals surface area contributed by atoms with Crippen LogP contribution in [0.2, 0.25) is 0 Å². The average Bonchev–Trinajstić information content (AvgIpc) is 3.09. The molecule has 1 atom stereocenters. The van der Waals surface area contributed by atoms with E-state index in [0.29, 0.717) is 34.7 Å². The van der Waals surface area contributed by atoms with E-state index in [2.05, 4.69) is 31.0 Å². The maximum atomic E-state index is 9.05. The standard InChI is InChI=1S/C14H18BrN3O3/c15-12-4-3-11(20-12)14-17-16-13(21-14)9-18-6-1-2-10(8-18)5-7-19/h3-4,10,19H,1-2,5-9H2. The fourth-order valence-corrected chi connectivity index (χ4v) is 3.06. The van der Waals surface area contributed by atoms with Crippen LogP contribution >= 0.6 is 15.9 Å². The minimum Gasteiger partial charge on any atom is -0.444 e. The zero-order valence-electron chi connectivity index (χ0n) is 11.7. The third-order valence-electron chi connectivity index (χ3n) is 3.75. The van der Waals surface area contributed by atoms with Gasteiger partial charge in [0.25, 0.3) is 5.89 Å². The highest BCUT2D eigenvalue weighted by molar-refractivity contribution is 9.10. The summed E-state index contributed by atoms with van der Waals surface area (Å²) in [6.07, 6.45) is 3.20. The number of hydrogen-bond donors (Lipinski definition) is 1. The Labute approximate surface area is 131 Å². The van der Waals surface area contributed by atoms with E-state index in [1.54, 1.807) is 12.1 Å². The summed E-state index contributed by atoms with van der Waals surface area (Å²) in [6.45, 7) is 2.92. The number of rotatable bonds is 5. The molecule has 1 saturated heterocycles. The van der Waals surface area contributed by atoms with Gasteiger partial charge in [-0.25, -0.2) is 0 Å². The topological polar surface area (TPSA) is 75.5 Å². The molecule has 2 aromatic heterocycles. The summed E-state index contributed by atoms with van der Waals surface area (Å²) in [5, 5.41) is 17.2. The number of likely N-dealkylation sites (tertiary alicyclic amines) is 1. The number of aliphatic hydroxyl groups is 1. The summed E-state index contributed by atoms with van der Waals surface area (Å²) >= 11 is 3.25. The lowest BCUT2D eigenvalue weighted by molar-refractivity contribution is 0.133. The maximum absolute atomic E-state index is 9.05. The predicted octanol–water partition coefficient (Wildman–Crippen LogP) is 2.69. The van der Waals surface area contributed by atoms with Crippen LogP contribution in [-0.4, -0.2) is 39.9 Å². The van der Waals surface area contributed by atoms with Gasteiger partial charge < -0.3 is 13.9 Å². The minimum absolute atomic E-state index is 0.260. The van der Waals surface area contributed by atoms with Gasteiger partial charge in [-0.05, 0) is 59.8 Å². The van der Waals surface area contributed by atoms with Crippen molar-refractivity contribution in [1.29, 1.82) is 0 Å². The van der Waals surface area contributed by atoms with Gasteiger partial charge >= 0.3 is 0 Å². The van der Waals surface area contributed by atoms with Gasteiger partial charge in [-0.3, -0.25) is 4.90 Å². The monoisotopic (exact) mass is 355 g/mol. The number of aromatic nitrogens is 2. The first-order valence-electron chi connectivity index (χ1n) is 7.16. The fraction of sp³-hybridized carbons (Fsp3) is 0.571. The second-order valence-corrected chi connectivity index (χ2v) is 6.14. The van der Waals surface area contributed by atoms with Crippen LogP contribution in [0.15, 0.2) is 25.6 Å². The Morgan fingerprint density at radius 2 is 2.24 bits per heavy atom. The molecule has 0 bridgehead atoms. The van der Waals surface area contributed by atoms with Gasteiger partial charge in [0.1, 0.15) is 0 Å². The van der Waals surface area contributed by atoms with Gasteiger partial charge in [0.15, 0.2) is 10.4 Å². The molecule has 0 radical (unpaired) electrons. The Hall–Kier alpha value is -1.18. The Balaban J connectivity index is 1.61. The van der Waals surface area contributed by atoms with E-state index < -0.39 is 0 Å². The lowest BCUT2D eigenvalue weighted by Gasteiger charge is -2.31. The van der Waals surface area contributed by atoms with Crippen LogP contribution in [0, 0.1) is 5.92 Å².